The fourth-order valence-electron chi connectivity index (χ4n) is 1.85. The molecule has 0 unspecified atom stereocenters. The largest absolute Gasteiger partial charge is 0.334 e. The van der Waals surface area contributed by atoms with Gasteiger partial charge in [-0.15, -0.1) is 0 Å². The number of nitrogens with zero attached hydrogens (tertiary/aromatic N) is 2. The molecule has 1 aliphatic rings. The number of aryl methyl sites for hydroxylation is 1. The second-order valence-corrected chi connectivity index (χ2v) is 3.33. The second-order valence-electron chi connectivity index (χ2n) is 3.33. The van der Waals surface area contributed by atoms with E-state index in [0.717, 1.165) is 13.0 Å². The van der Waals surface area contributed by atoms with Crippen molar-refractivity contribution < 1.29 is 0 Å². The summed E-state index contributed by atoms with van der Waals surface area (Å²) in [5.74, 6) is 0. The molecule has 0 spiro atoms. The third-order valence-corrected chi connectivity index (χ3v) is 2.48. The van der Waals surface area contributed by atoms with Crippen LogP contribution in [0.15, 0.2) is 6.33 Å². The van der Waals surface area contributed by atoms with E-state index in [1.807, 2.05) is 6.33 Å². The van der Waals surface area contributed by atoms with Gasteiger partial charge in [-0.25, -0.2) is 4.98 Å². The van der Waals surface area contributed by atoms with Crippen molar-refractivity contribution in [1.29, 1.82) is 0 Å². The molecule has 0 saturated heterocycles. The molecule has 0 fully saturated rings. The first kappa shape index (κ1) is 7.80. The Labute approximate surface area is 72.6 Å². The zero-order chi connectivity index (χ0) is 8.39. The fraction of sp³-hybridized carbons (Fsp3) is 0.667. The molecule has 0 aromatic carbocycles. The standard InChI is InChI=1S/C9H15N3/c10-5-4-8-9-3-1-2-6-12(9)7-11-8/h7H,1-6,10H2. The first-order valence-corrected chi connectivity index (χ1v) is 4.65. The minimum Gasteiger partial charge on any atom is -0.334 e. The van der Waals surface area contributed by atoms with Gasteiger partial charge in [0.25, 0.3) is 0 Å². The van der Waals surface area contributed by atoms with E-state index in [1.165, 1.54) is 30.7 Å². The molecule has 1 aliphatic heterocycles. The van der Waals surface area contributed by atoms with Crippen LogP contribution in [0, 0.1) is 0 Å². The van der Waals surface area contributed by atoms with Crippen molar-refractivity contribution in [3.05, 3.63) is 17.7 Å². The van der Waals surface area contributed by atoms with Gasteiger partial charge in [-0.3, -0.25) is 0 Å². The number of hydrogen-bond acceptors (Lipinski definition) is 2. The lowest BCUT2D eigenvalue weighted by molar-refractivity contribution is 0.529. The summed E-state index contributed by atoms with van der Waals surface area (Å²) in [6.07, 6.45) is 6.69. The summed E-state index contributed by atoms with van der Waals surface area (Å²) in [6.45, 7) is 1.86. The molecule has 2 heterocycles. The van der Waals surface area contributed by atoms with Crippen LogP contribution < -0.4 is 5.73 Å². The molecule has 0 saturated carbocycles. The van der Waals surface area contributed by atoms with Crippen LogP contribution in [0.5, 0.6) is 0 Å². The lowest BCUT2D eigenvalue weighted by atomic mass is 10.1. The number of hydrogen-bond donors (Lipinski definition) is 1. The van der Waals surface area contributed by atoms with Crippen LogP contribution >= 0.6 is 0 Å². The summed E-state index contributed by atoms with van der Waals surface area (Å²) in [6, 6.07) is 0. The Balaban J connectivity index is 2.25. The monoisotopic (exact) mass is 165 g/mol. The molecule has 0 radical (unpaired) electrons. The van der Waals surface area contributed by atoms with Gasteiger partial charge in [0.2, 0.25) is 0 Å². The van der Waals surface area contributed by atoms with Gasteiger partial charge in [0.15, 0.2) is 0 Å². The maximum absolute atomic E-state index is 5.50. The van der Waals surface area contributed by atoms with Gasteiger partial charge >= 0.3 is 0 Å². The Morgan fingerprint density at radius 1 is 1.50 bits per heavy atom. The Kier molecular flexibility index (Phi) is 2.13. The Hall–Kier alpha value is -0.830. The van der Waals surface area contributed by atoms with Crippen LogP contribution in [0.1, 0.15) is 24.2 Å². The van der Waals surface area contributed by atoms with E-state index in [4.69, 9.17) is 5.73 Å². The van der Waals surface area contributed by atoms with Gasteiger partial charge < -0.3 is 10.3 Å². The smallest absolute Gasteiger partial charge is 0.0951 e. The molecule has 3 nitrogen and oxygen atoms in total. The summed E-state index contributed by atoms with van der Waals surface area (Å²) < 4.78 is 2.27. The van der Waals surface area contributed by atoms with Crippen molar-refractivity contribution in [2.24, 2.45) is 5.73 Å². The van der Waals surface area contributed by atoms with E-state index in [-0.39, 0.29) is 0 Å². The van der Waals surface area contributed by atoms with E-state index in [2.05, 4.69) is 9.55 Å². The molecular weight excluding hydrogens is 150 g/mol. The van der Waals surface area contributed by atoms with Crippen LogP contribution in [0.2, 0.25) is 0 Å². The average molecular weight is 165 g/mol. The van der Waals surface area contributed by atoms with Gasteiger partial charge in [0.05, 0.1) is 12.0 Å². The maximum atomic E-state index is 5.50. The second kappa shape index (κ2) is 3.27. The highest BCUT2D eigenvalue weighted by atomic mass is 15.1. The quantitative estimate of drug-likeness (QED) is 0.701. The number of nitrogens with two attached hydrogens (primary N) is 1. The molecule has 0 amide bonds. The van der Waals surface area contributed by atoms with Gasteiger partial charge in [-0.2, -0.15) is 0 Å². The van der Waals surface area contributed by atoms with Gasteiger partial charge in [-0.05, 0) is 25.8 Å². The highest BCUT2D eigenvalue weighted by Crippen LogP contribution is 2.17. The number of imidazole rings is 1. The third kappa shape index (κ3) is 1.25. The highest BCUT2D eigenvalue weighted by molar-refractivity contribution is 5.15. The van der Waals surface area contributed by atoms with E-state index >= 15 is 0 Å². The molecule has 66 valence electrons. The van der Waals surface area contributed by atoms with Crippen molar-refractivity contribution >= 4 is 0 Å². The first-order chi connectivity index (χ1) is 5.92. The Bertz CT molecular complexity index is 265. The lowest BCUT2D eigenvalue weighted by Crippen LogP contribution is -2.12. The molecular formula is C9H15N3. The van der Waals surface area contributed by atoms with Crippen molar-refractivity contribution in [1.82, 2.24) is 9.55 Å². The van der Waals surface area contributed by atoms with Crippen LogP contribution in [0.3, 0.4) is 0 Å². The van der Waals surface area contributed by atoms with Crippen LogP contribution in [0.4, 0.5) is 0 Å². The number of aromatic nitrogens is 2. The van der Waals surface area contributed by atoms with Crippen molar-refractivity contribution in [3.63, 3.8) is 0 Å². The SMILES string of the molecule is NCCc1ncn2c1CCCC2. The summed E-state index contributed by atoms with van der Waals surface area (Å²) in [5, 5.41) is 0. The van der Waals surface area contributed by atoms with E-state index in [9.17, 15) is 0 Å². The molecule has 0 atom stereocenters. The summed E-state index contributed by atoms with van der Waals surface area (Å²) in [5.41, 5.74) is 8.15. The average Bonchev–Trinajstić information content (AvgIpc) is 2.50. The lowest BCUT2D eigenvalue weighted by Gasteiger charge is -2.14. The van der Waals surface area contributed by atoms with Gasteiger partial charge in [0.1, 0.15) is 0 Å². The molecule has 1 aromatic heterocycles. The van der Waals surface area contributed by atoms with Crippen molar-refractivity contribution in [2.45, 2.75) is 32.2 Å². The van der Waals surface area contributed by atoms with Gasteiger partial charge in [0, 0.05) is 18.7 Å². The predicted molar refractivity (Wildman–Crippen MR) is 47.9 cm³/mol. The van der Waals surface area contributed by atoms with Crippen molar-refractivity contribution in [3.8, 4) is 0 Å². The van der Waals surface area contributed by atoms with Gasteiger partial charge in [-0.1, -0.05) is 0 Å². The minimum atomic E-state index is 0.712. The van der Waals surface area contributed by atoms with Crippen molar-refractivity contribution in [2.75, 3.05) is 6.54 Å². The van der Waals surface area contributed by atoms with E-state index < -0.39 is 0 Å². The zero-order valence-corrected chi connectivity index (χ0v) is 7.29. The summed E-state index contributed by atoms with van der Waals surface area (Å²) in [7, 11) is 0. The molecule has 3 heteroatoms. The van der Waals surface area contributed by atoms with Crippen LogP contribution in [-0.2, 0) is 19.4 Å². The Morgan fingerprint density at radius 3 is 3.25 bits per heavy atom. The third-order valence-electron chi connectivity index (χ3n) is 2.48. The molecule has 0 bridgehead atoms. The summed E-state index contributed by atoms with van der Waals surface area (Å²) in [4.78, 5) is 4.37. The number of rotatable bonds is 2. The van der Waals surface area contributed by atoms with Crippen LogP contribution in [0.25, 0.3) is 0 Å². The minimum absolute atomic E-state index is 0.712. The molecule has 12 heavy (non-hydrogen) atoms. The summed E-state index contributed by atoms with van der Waals surface area (Å²) >= 11 is 0. The van der Waals surface area contributed by atoms with E-state index in [0.29, 0.717) is 6.54 Å². The molecule has 0 aliphatic carbocycles. The molecule has 1 aromatic rings. The molecule has 2 rings (SSSR count). The zero-order valence-electron chi connectivity index (χ0n) is 7.29. The topological polar surface area (TPSA) is 43.8 Å². The molecule has 2 N–H and O–H groups in total. The fourth-order valence-corrected chi connectivity index (χ4v) is 1.85. The number of fused-ring (bicyclic) bond motifs is 1. The van der Waals surface area contributed by atoms with E-state index in [1.54, 1.807) is 0 Å². The maximum Gasteiger partial charge on any atom is 0.0951 e. The highest BCUT2D eigenvalue weighted by Gasteiger charge is 2.13. The normalized spacial score (nSPS) is 16.1. The predicted octanol–water partition coefficient (Wildman–Crippen LogP) is 0.721. The van der Waals surface area contributed by atoms with Crippen LogP contribution in [-0.4, -0.2) is 16.1 Å². The first-order valence-electron chi connectivity index (χ1n) is 4.65. The Morgan fingerprint density at radius 2 is 2.42 bits per heavy atom.